The molecule has 1 aromatic rings. The smallest absolute Gasteiger partial charge is 0.239 e. The SMILES string of the molecule is CSCC1CCN(C(=O)[C@@H](N)Cc2ccccc2)C1. The normalized spacial score (nSPS) is 20.5. The van der Waals surface area contributed by atoms with E-state index in [4.69, 9.17) is 5.73 Å². The first kappa shape index (κ1) is 14.4. The highest BCUT2D eigenvalue weighted by Crippen LogP contribution is 2.20. The zero-order valence-corrected chi connectivity index (χ0v) is 12.2. The summed E-state index contributed by atoms with van der Waals surface area (Å²) in [5.41, 5.74) is 7.18. The topological polar surface area (TPSA) is 46.3 Å². The Morgan fingerprint density at radius 2 is 2.21 bits per heavy atom. The van der Waals surface area contributed by atoms with E-state index in [1.807, 2.05) is 47.0 Å². The predicted molar refractivity (Wildman–Crippen MR) is 81.2 cm³/mol. The minimum absolute atomic E-state index is 0.104. The van der Waals surface area contributed by atoms with E-state index in [9.17, 15) is 4.79 Å². The summed E-state index contributed by atoms with van der Waals surface area (Å²) < 4.78 is 0. The van der Waals surface area contributed by atoms with Gasteiger partial charge >= 0.3 is 0 Å². The number of nitrogens with zero attached hydrogens (tertiary/aromatic N) is 1. The number of hydrogen-bond acceptors (Lipinski definition) is 3. The van der Waals surface area contributed by atoms with Gasteiger partial charge in [-0.3, -0.25) is 4.79 Å². The van der Waals surface area contributed by atoms with Gasteiger partial charge in [0.1, 0.15) is 0 Å². The molecule has 1 saturated heterocycles. The molecule has 2 rings (SSSR count). The zero-order chi connectivity index (χ0) is 13.7. The van der Waals surface area contributed by atoms with Gasteiger partial charge in [0.25, 0.3) is 0 Å². The van der Waals surface area contributed by atoms with E-state index in [0.717, 1.165) is 30.8 Å². The fraction of sp³-hybridized carbons (Fsp3) is 0.533. The number of hydrogen-bond donors (Lipinski definition) is 1. The maximum absolute atomic E-state index is 12.3. The van der Waals surface area contributed by atoms with Crippen LogP contribution in [0.2, 0.25) is 0 Å². The van der Waals surface area contributed by atoms with Crippen molar-refractivity contribution in [2.45, 2.75) is 18.9 Å². The molecule has 104 valence electrons. The molecular formula is C15H22N2OS. The fourth-order valence-electron chi connectivity index (χ4n) is 2.59. The molecule has 0 aromatic heterocycles. The van der Waals surface area contributed by atoms with Gasteiger partial charge in [0.15, 0.2) is 0 Å². The lowest BCUT2D eigenvalue weighted by Gasteiger charge is -2.21. The van der Waals surface area contributed by atoms with Gasteiger partial charge in [-0.2, -0.15) is 11.8 Å². The average Bonchev–Trinajstić information content (AvgIpc) is 2.88. The second-order valence-corrected chi connectivity index (χ2v) is 6.10. The van der Waals surface area contributed by atoms with E-state index in [-0.39, 0.29) is 5.91 Å². The van der Waals surface area contributed by atoms with Crippen molar-refractivity contribution in [3.63, 3.8) is 0 Å². The summed E-state index contributed by atoms with van der Waals surface area (Å²) in [6, 6.07) is 9.58. The molecule has 1 aromatic carbocycles. The molecule has 0 bridgehead atoms. The highest BCUT2D eigenvalue weighted by molar-refractivity contribution is 7.98. The summed E-state index contributed by atoms with van der Waals surface area (Å²) in [5.74, 6) is 1.88. The van der Waals surface area contributed by atoms with E-state index in [2.05, 4.69) is 6.26 Å². The fourth-order valence-corrected chi connectivity index (χ4v) is 3.34. The molecule has 1 fully saturated rings. The van der Waals surface area contributed by atoms with Crippen LogP contribution in [0.5, 0.6) is 0 Å². The summed E-state index contributed by atoms with van der Waals surface area (Å²) in [7, 11) is 0. The molecule has 3 nitrogen and oxygen atoms in total. The summed E-state index contributed by atoms with van der Waals surface area (Å²) >= 11 is 1.85. The lowest BCUT2D eigenvalue weighted by atomic mass is 10.1. The molecule has 0 aliphatic carbocycles. The Morgan fingerprint density at radius 3 is 2.89 bits per heavy atom. The number of nitrogens with two attached hydrogens (primary N) is 1. The van der Waals surface area contributed by atoms with Crippen LogP contribution in [-0.4, -0.2) is 41.9 Å². The van der Waals surface area contributed by atoms with Crippen LogP contribution in [0.15, 0.2) is 30.3 Å². The van der Waals surface area contributed by atoms with Crippen molar-refractivity contribution in [2.75, 3.05) is 25.1 Å². The number of amides is 1. The van der Waals surface area contributed by atoms with E-state index in [1.54, 1.807) is 0 Å². The second-order valence-electron chi connectivity index (χ2n) is 5.19. The maximum atomic E-state index is 12.3. The third-order valence-electron chi connectivity index (χ3n) is 3.62. The van der Waals surface area contributed by atoms with Crippen molar-refractivity contribution in [3.8, 4) is 0 Å². The van der Waals surface area contributed by atoms with Crippen molar-refractivity contribution in [1.29, 1.82) is 0 Å². The molecule has 19 heavy (non-hydrogen) atoms. The molecule has 2 N–H and O–H groups in total. The Hall–Kier alpha value is -1.00. The van der Waals surface area contributed by atoms with Crippen LogP contribution >= 0.6 is 11.8 Å². The summed E-state index contributed by atoms with van der Waals surface area (Å²) in [5, 5.41) is 0. The molecule has 1 aliphatic heterocycles. The summed E-state index contributed by atoms with van der Waals surface area (Å²) in [6.07, 6.45) is 3.86. The third-order valence-corrected chi connectivity index (χ3v) is 4.42. The van der Waals surface area contributed by atoms with Crippen molar-refractivity contribution in [2.24, 2.45) is 11.7 Å². The van der Waals surface area contributed by atoms with Gasteiger partial charge in [-0.25, -0.2) is 0 Å². The Morgan fingerprint density at radius 1 is 1.47 bits per heavy atom. The van der Waals surface area contributed by atoms with E-state index in [1.165, 1.54) is 0 Å². The van der Waals surface area contributed by atoms with Crippen LogP contribution in [-0.2, 0) is 11.2 Å². The van der Waals surface area contributed by atoms with Gasteiger partial charge in [-0.15, -0.1) is 0 Å². The van der Waals surface area contributed by atoms with Crippen LogP contribution in [0.4, 0.5) is 0 Å². The number of benzene rings is 1. The van der Waals surface area contributed by atoms with E-state index < -0.39 is 6.04 Å². The molecule has 0 radical (unpaired) electrons. The van der Waals surface area contributed by atoms with Gasteiger partial charge in [0.2, 0.25) is 5.91 Å². The van der Waals surface area contributed by atoms with Crippen LogP contribution in [0.1, 0.15) is 12.0 Å². The molecule has 2 atom stereocenters. The van der Waals surface area contributed by atoms with Crippen LogP contribution in [0.3, 0.4) is 0 Å². The van der Waals surface area contributed by atoms with Crippen molar-refractivity contribution >= 4 is 17.7 Å². The lowest BCUT2D eigenvalue weighted by molar-refractivity contribution is -0.131. The molecule has 4 heteroatoms. The highest BCUT2D eigenvalue weighted by atomic mass is 32.2. The quantitative estimate of drug-likeness (QED) is 0.893. The first-order valence-corrected chi connectivity index (χ1v) is 8.17. The first-order valence-electron chi connectivity index (χ1n) is 6.78. The number of likely N-dealkylation sites (tertiary alicyclic amines) is 1. The van der Waals surface area contributed by atoms with Crippen molar-refractivity contribution < 1.29 is 4.79 Å². The third kappa shape index (κ3) is 3.98. The van der Waals surface area contributed by atoms with Gasteiger partial charge in [0.05, 0.1) is 6.04 Å². The minimum atomic E-state index is -0.407. The summed E-state index contributed by atoms with van der Waals surface area (Å²) in [4.78, 5) is 14.2. The Kier molecular flexibility index (Phi) is 5.28. The number of rotatable bonds is 5. The molecule has 1 heterocycles. The van der Waals surface area contributed by atoms with E-state index in [0.29, 0.717) is 12.3 Å². The van der Waals surface area contributed by atoms with Crippen LogP contribution in [0, 0.1) is 5.92 Å². The Labute approximate surface area is 119 Å². The van der Waals surface area contributed by atoms with Gasteiger partial charge in [-0.1, -0.05) is 30.3 Å². The Balaban J connectivity index is 1.86. The highest BCUT2D eigenvalue weighted by Gasteiger charge is 2.28. The molecule has 1 unspecified atom stereocenters. The van der Waals surface area contributed by atoms with Gasteiger partial charge in [0, 0.05) is 13.1 Å². The molecule has 1 aliphatic rings. The minimum Gasteiger partial charge on any atom is -0.341 e. The van der Waals surface area contributed by atoms with E-state index >= 15 is 0 Å². The van der Waals surface area contributed by atoms with Gasteiger partial charge in [-0.05, 0) is 36.3 Å². The summed E-state index contributed by atoms with van der Waals surface area (Å²) in [6.45, 7) is 1.74. The monoisotopic (exact) mass is 278 g/mol. The maximum Gasteiger partial charge on any atom is 0.239 e. The lowest BCUT2D eigenvalue weighted by Crippen LogP contribution is -2.44. The number of thioether (sulfide) groups is 1. The number of carbonyl (C=O) groups is 1. The van der Waals surface area contributed by atoms with Gasteiger partial charge < -0.3 is 10.6 Å². The average molecular weight is 278 g/mol. The number of carbonyl (C=O) groups excluding carboxylic acids is 1. The van der Waals surface area contributed by atoms with Crippen LogP contribution < -0.4 is 5.73 Å². The molecular weight excluding hydrogens is 256 g/mol. The van der Waals surface area contributed by atoms with Crippen molar-refractivity contribution in [3.05, 3.63) is 35.9 Å². The standard InChI is InChI=1S/C15H22N2OS/c1-19-11-13-7-8-17(10-13)15(18)14(16)9-12-5-3-2-4-6-12/h2-6,13-14H,7-11,16H2,1H3/t13?,14-/m0/s1. The largest absolute Gasteiger partial charge is 0.341 e. The zero-order valence-electron chi connectivity index (χ0n) is 11.4. The second kappa shape index (κ2) is 6.96. The van der Waals surface area contributed by atoms with Crippen LogP contribution in [0.25, 0.3) is 0 Å². The first-order chi connectivity index (χ1) is 9.20. The molecule has 0 spiro atoms. The predicted octanol–water partition coefficient (Wildman–Crippen LogP) is 1.77. The van der Waals surface area contributed by atoms with Crippen molar-refractivity contribution in [1.82, 2.24) is 4.90 Å². The molecule has 0 saturated carbocycles. The molecule has 1 amide bonds. The Bertz CT molecular complexity index is 410.